The van der Waals surface area contributed by atoms with Crippen molar-refractivity contribution in [2.45, 2.75) is 32.9 Å². The van der Waals surface area contributed by atoms with Gasteiger partial charge in [0.1, 0.15) is 0 Å². The van der Waals surface area contributed by atoms with E-state index in [-0.39, 0.29) is 5.56 Å². The predicted molar refractivity (Wildman–Crippen MR) is 75.6 cm³/mol. The number of hydrogen-bond acceptors (Lipinski definition) is 2. The SMILES string of the molecule is CCc1ccc(CNCc2cccc(C(F)F)c2)s1. The van der Waals surface area contributed by atoms with Crippen LogP contribution in [-0.4, -0.2) is 0 Å². The Labute approximate surface area is 116 Å². The molecular weight excluding hydrogens is 264 g/mol. The van der Waals surface area contributed by atoms with E-state index in [2.05, 4.69) is 24.4 Å². The van der Waals surface area contributed by atoms with Crippen LogP contribution in [0.1, 0.15) is 34.2 Å². The van der Waals surface area contributed by atoms with Crippen molar-refractivity contribution >= 4 is 11.3 Å². The van der Waals surface area contributed by atoms with Gasteiger partial charge in [0.2, 0.25) is 0 Å². The molecule has 0 atom stereocenters. The third-order valence-electron chi connectivity index (χ3n) is 2.90. The molecule has 0 radical (unpaired) electrons. The molecule has 0 aliphatic carbocycles. The minimum Gasteiger partial charge on any atom is -0.308 e. The van der Waals surface area contributed by atoms with Crippen LogP contribution in [0.4, 0.5) is 8.78 Å². The molecule has 1 nitrogen and oxygen atoms in total. The van der Waals surface area contributed by atoms with Crippen molar-refractivity contribution in [2.75, 3.05) is 0 Å². The Balaban J connectivity index is 1.86. The molecule has 0 fully saturated rings. The molecule has 0 saturated carbocycles. The topological polar surface area (TPSA) is 12.0 Å². The number of halogens is 2. The number of rotatable bonds is 6. The smallest absolute Gasteiger partial charge is 0.263 e. The van der Waals surface area contributed by atoms with Gasteiger partial charge in [0.05, 0.1) is 0 Å². The van der Waals surface area contributed by atoms with Crippen LogP contribution < -0.4 is 5.32 Å². The first-order valence-corrected chi connectivity index (χ1v) is 7.16. The van der Waals surface area contributed by atoms with Crippen molar-refractivity contribution in [1.82, 2.24) is 5.32 Å². The lowest BCUT2D eigenvalue weighted by molar-refractivity contribution is 0.151. The Hall–Kier alpha value is -1.26. The molecule has 19 heavy (non-hydrogen) atoms. The molecule has 0 bridgehead atoms. The monoisotopic (exact) mass is 281 g/mol. The number of aryl methyl sites for hydroxylation is 1. The minimum absolute atomic E-state index is 0.0868. The fourth-order valence-corrected chi connectivity index (χ4v) is 2.80. The highest BCUT2D eigenvalue weighted by atomic mass is 32.1. The summed E-state index contributed by atoms with van der Waals surface area (Å²) in [4.78, 5) is 2.65. The lowest BCUT2D eigenvalue weighted by Crippen LogP contribution is -2.11. The van der Waals surface area contributed by atoms with Crippen LogP contribution in [0.3, 0.4) is 0 Å². The Kier molecular flexibility index (Phi) is 5.05. The summed E-state index contributed by atoms with van der Waals surface area (Å²) in [6, 6.07) is 10.8. The first kappa shape index (κ1) is 14.2. The first-order valence-electron chi connectivity index (χ1n) is 6.34. The number of hydrogen-bond donors (Lipinski definition) is 1. The van der Waals surface area contributed by atoms with Gasteiger partial charge in [-0.2, -0.15) is 0 Å². The summed E-state index contributed by atoms with van der Waals surface area (Å²) >= 11 is 1.79. The maximum absolute atomic E-state index is 12.6. The molecule has 4 heteroatoms. The second-order valence-electron chi connectivity index (χ2n) is 4.37. The maximum atomic E-state index is 12.6. The summed E-state index contributed by atoms with van der Waals surface area (Å²) in [5.41, 5.74) is 0.980. The number of benzene rings is 1. The average molecular weight is 281 g/mol. The maximum Gasteiger partial charge on any atom is 0.263 e. The van der Waals surface area contributed by atoms with E-state index in [0.29, 0.717) is 6.54 Å². The van der Waals surface area contributed by atoms with E-state index in [9.17, 15) is 8.78 Å². The van der Waals surface area contributed by atoms with Crippen LogP contribution in [-0.2, 0) is 19.5 Å². The van der Waals surface area contributed by atoms with E-state index in [0.717, 1.165) is 18.5 Å². The van der Waals surface area contributed by atoms with E-state index in [1.165, 1.54) is 15.8 Å². The largest absolute Gasteiger partial charge is 0.308 e. The van der Waals surface area contributed by atoms with E-state index in [4.69, 9.17) is 0 Å². The van der Waals surface area contributed by atoms with Crippen molar-refractivity contribution in [3.05, 3.63) is 57.3 Å². The van der Waals surface area contributed by atoms with Crippen LogP contribution in [0.15, 0.2) is 36.4 Å². The molecule has 0 aliphatic rings. The lowest BCUT2D eigenvalue weighted by atomic mass is 10.1. The molecular formula is C15H17F2NS. The van der Waals surface area contributed by atoms with Crippen LogP contribution >= 0.6 is 11.3 Å². The fourth-order valence-electron chi connectivity index (χ4n) is 1.88. The normalized spacial score (nSPS) is 11.2. The van der Waals surface area contributed by atoms with Gasteiger partial charge < -0.3 is 5.32 Å². The second-order valence-corrected chi connectivity index (χ2v) is 5.62. The molecule has 0 aliphatic heterocycles. The highest BCUT2D eigenvalue weighted by Gasteiger charge is 2.06. The van der Waals surface area contributed by atoms with Gasteiger partial charge in [-0.3, -0.25) is 0 Å². The zero-order valence-electron chi connectivity index (χ0n) is 10.8. The summed E-state index contributed by atoms with van der Waals surface area (Å²) in [5, 5.41) is 3.29. The molecule has 2 aromatic rings. The Morgan fingerprint density at radius 3 is 2.58 bits per heavy atom. The molecule has 0 saturated heterocycles. The van der Waals surface area contributed by atoms with Crippen LogP contribution in [0, 0.1) is 0 Å². The number of thiophene rings is 1. The summed E-state index contributed by atoms with van der Waals surface area (Å²) in [7, 11) is 0. The minimum atomic E-state index is -2.40. The molecule has 102 valence electrons. The van der Waals surface area contributed by atoms with Gasteiger partial charge in [-0.05, 0) is 30.2 Å². The van der Waals surface area contributed by atoms with Crippen LogP contribution in [0.2, 0.25) is 0 Å². The summed E-state index contributed by atoms with van der Waals surface area (Å²) in [5.74, 6) is 0. The van der Waals surface area contributed by atoms with Crippen molar-refractivity contribution in [2.24, 2.45) is 0 Å². The van der Waals surface area contributed by atoms with Crippen molar-refractivity contribution in [3.8, 4) is 0 Å². The highest BCUT2D eigenvalue weighted by molar-refractivity contribution is 7.11. The molecule has 1 aromatic carbocycles. The van der Waals surface area contributed by atoms with Crippen molar-refractivity contribution in [1.29, 1.82) is 0 Å². The molecule has 0 spiro atoms. The second kappa shape index (κ2) is 6.78. The summed E-state index contributed by atoms with van der Waals surface area (Å²) in [6.07, 6.45) is -1.34. The van der Waals surface area contributed by atoms with Gasteiger partial charge in [-0.15, -0.1) is 11.3 Å². The highest BCUT2D eigenvalue weighted by Crippen LogP contribution is 2.20. The fraction of sp³-hybridized carbons (Fsp3) is 0.333. The molecule has 1 heterocycles. The number of nitrogens with one attached hydrogen (secondary N) is 1. The Morgan fingerprint density at radius 1 is 1.11 bits per heavy atom. The molecule has 0 amide bonds. The van der Waals surface area contributed by atoms with Crippen molar-refractivity contribution in [3.63, 3.8) is 0 Å². The molecule has 2 rings (SSSR count). The summed E-state index contributed by atoms with van der Waals surface area (Å²) in [6.45, 7) is 3.53. The third-order valence-corrected chi connectivity index (χ3v) is 4.13. The van der Waals surface area contributed by atoms with Gasteiger partial charge in [0, 0.05) is 28.4 Å². The van der Waals surface area contributed by atoms with E-state index in [1.54, 1.807) is 23.5 Å². The zero-order valence-corrected chi connectivity index (χ0v) is 11.6. The van der Waals surface area contributed by atoms with Gasteiger partial charge in [0.15, 0.2) is 0 Å². The van der Waals surface area contributed by atoms with Gasteiger partial charge in [0.25, 0.3) is 6.43 Å². The zero-order chi connectivity index (χ0) is 13.7. The quantitative estimate of drug-likeness (QED) is 0.819. The summed E-state index contributed by atoms with van der Waals surface area (Å²) < 4.78 is 25.1. The van der Waals surface area contributed by atoms with E-state index < -0.39 is 6.43 Å². The molecule has 1 N–H and O–H groups in total. The van der Waals surface area contributed by atoms with Gasteiger partial charge in [-0.1, -0.05) is 25.1 Å². The van der Waals surface area contributed by atoms with Crippen LogP contribution in [0.5, 0.6) is 0 Å². The Morgan fingerprint density at radius 2 is 1.89 bits per heavy atom. The lowest BCUT2D eigenvalue weighted by Gasteiger charge is -2.06. The molecule has 0 unspecified atom stereocenters. The van der Waals surface area contributed by atoms with Gasteiger partial charge in [-0.25, -0.2) is 8.78 Å². The first-order chi connectivity index (χ1) is 9.19. The Bertz CT molecular complexity index is 522. The van der Waals surface area contributed by atoms with Crippen LogP contribution in [0.25, 0.3) is 0 Å². The van der Waals surface area contributed by atoms with E-state index >= 15 is 0 Å². The van der Waals surface area contributed by atoms with E-state index in [1.807, 2.05) is 6.07 Å². The standard InChI is InChI=1S/C15H17F2NS/c1-2-13-6-7-14(19-13)10-18-9-11-4-3-5-12(8-11)15(16)17/h3-8,15,18H,2,9-10H2,1H3. The predicted octanol–water partition coefficient (Wildman–Crippen LogP) is 4.54. The average Bonchev–Trinajstić information content (AvgIpc) is 2.87. The number of alkyl halides is 2. The van der Waals surface area contributed by atoms with Gasteiger partial charge >= 0.3 is 0 Å². The molecule has 1 aromatic heterocycles. The van der Waals surface area contributed by atoms with Crippen molar-refractivity contribution < 1.29 is 8.78 Å². The third kappa shape index (κ3) is 4.11.